The van der Waals surface area contributed by atoms with Gasteiger partial charge in [0.15, 0.2) is 11.6 Å². The van der Waals surface area contributed by atoms with Crippen LogP contribution in [0.15, 0.2) is 10.6 Å². The van der Waals surface area contributed by atoms with Crippen molar-refractivity contribution in [1.82, 2.24) is 10.1 Å². The average molecular weight is 335 g/mol. The van der Waals surface area contributed by atoms with Gasteiger partial charge in [-0.25, -0.2) is 0 Å². The van der Waals surface area contributed by atoms with E-state index in [1.165, 1.54) is 0 Å². The number of ether oxygens (including phenoxy) is 2. The van der Waals surface area contributed by atoms with E-state index in [9.17, 15) is 9.59 Å². The summed E-state index contributed by atoms with van der Waals surface area (Å²) in [7, 11) is 0. The Kier molecular flexibility index (Phi) is 3.61. The summed E-state index contributed by atoms with van der Waals surface area (Å²) < 4.78 is 16.3. The number of aromatic nitrogens is 1. The molecule has 1 aromatic rings. The van der Waals surface area contributed by atoms with Crippen molar-refractivity contribution in [2.75, 3.05) is 31.6 Å². The normalized spacial score (nSPS) is 24.1. The first-order chi connectivity index (χ1) is 11.5. The molecule has 0 aromatic carbocycles. The van der Waals surface area contributed by atoms with Crippen molar-refractivity contribution >= 4 is 17.6 Å². The van der Waals surface area contributed by atoms with Crippen LogP contribution in [0.25, 0.3) is 0 Å². The molecule has 8 heteroatoms. The van der Waals surface area contributed by atoms with E-state index in [0.717, 1.165) is 0 Å². The molecule has 0 unspecified atom stereocenters. The molecule has 1 saturated carbocycles. The van der Waals surface area contributed by atoms with Gasteiger partial charge in [-0.05, 0) is 19.8 Å². The van der Waals surface area contributed by atoms with Crippen molar-refractivity contribution in [3.05, 3.63) is 11.8 Å². The van der Waals surface area contributed by atoms with Gasteiger partial charge in [-0.2, -0.15) is 0 Å². The molecule has 130 valence electrons. The molecule has 1 N–H and O–H groups in total. The lowest BCUT2D eigenvalue weighted by atomic mass is 9.99. The van der Waals surface area contributed by atoms with Gasteiger partial charge in [0.05, 0.1) is 13.2 Å². The fraction of sp³-hybridized carbons (Fsp3) is 0.688. The highest BCUT2D eigenvalue weighted by molar-refractivity contribution is 6.12. The van der Waals surface area contributed by atoms with Crippen LogP contribution in [0.2, 0.25) is 0 Å². The van der Waals surface area contributed by atoms with Crippen LogP contribution in [0.3, 0.4) is 0 Å². The fourth-order valence-corrected chi connectivity index (χ4v) is 3.46. The molecule has 2 saturated heterocycles. The molecular weight excluding hydrogens is 314 g/mol. The summed E-state index contributed by atoms with van der Waals surface area (Å²) in [5.41, 5.74) is -0.950. The number of anilines is 1. The Bertz CT molecular complexity index is 650. The first-order valence-corrected chi connectivity index (χ1v) is 8.35. The Morgan fingerprint density at radius 2 is 1.83 bits per heavy atom. The molecule has 2 amide bonds. The molecule has 1 aromatic heterocycles. The van der Waals surface area contributed by atoms with Crippen LogP contribution in [-0.2, 0) is 19.1 Å². The number of amides is 2. The maximum Gasteiger partial charge on any atom is 0.241 e. The van der Waals surface area contributed by atoms with Crippen LogP contribution in [-0.4, -0.2) is 54.0 Å². The van der Waals surface area contributed by atoms with Gasteiger partial charge in [-0.3, -0.25) is 9.59 Å². The molecule has 8 nitrogen and oxygen atoms in total. The summed E-state index contributed by atoms with van der Waals surface area (Å²) in [5.74, 6) is 0.0392. The molecular formula is C16H21N3O5. The second-order valence-electron chi connectivity index (χ2n) is 6.76. The number of likely N-dealkylation sites (tertiary alicyclic amines) is 1. The topological polar surface area (TPSA) is 93.9 Å². The summed E-state index contributed by atoms with van der Waals surface area (Å²) in [4.78, 5) is 27.2. The van der Waals surface area contributed by atoms with Crippen LogP contribution in [0.5, 0.6) is 0 Å². The highest BCUT2D eigenvalue weighted by Crippen LogP contribution is 2.49. The van der Waals surface area contributed by atoms with Gasteiger partial charge in [0.25, 0.3) is 0 Å². The van der Waals surface area contributed by atoms with E-state index in [0.29, 0.717) is 63.6 Å². The van der Waals surface area contributed by atoms with Gasteiger partial charge < -0.3 is 24.2 Å². The molecule has 1 aliphatic carbocycles. The maximum absolute atomic E-state index is 12.9. The predicted octanol–water partition coefficient (Wildman–Crippen LogP) is 1.07. The third-order valence-electron chi connectivity index (χ3n) is 5.09. The van der Waals surface area contributed by atoms with Crippen molar-refractivity contribution in [2.45, 2.75) is 38.4 Å². The van der Waals surface area contributed by atoms with Crippen LogP contribution in [0.1, 0.15) is 31.4 Å². The van der Waals surface area contributed by atoms with Crippen molar-refractivity contribution in [3.8, 4) is 0 Å². The van der Waals surface area contributed by atoms with Gasteiger partial charge in [-0.15, -0.1) is 0 Å². The third kappa shape index (κ3) is 2.59. The molecule has 1 spiro atoms. The second kappa shape index (κ2) is 5.56. The van der Waals surface area contributed by atoms with E-state index >= 15 is 0 Å². The van der Waals surface area contributed by atoms with Gasteiger partial charge in [0, 0.05) is 32.0 Å². The average Bonchev–Trinajstić information content (AvgIpc) is 3.12. The molecule has 0 radical (unpaired) electrons. The number of hydrogen-bond acceptors (Lipinski definition) is 6. The third-order valence-corrected chi connectivity index (χ3v) is 5.09. The minimum absolute atomic E-state index is 0.104. The lowest BCUT2D eigenvalue weighted by Gasteiger charge is -2.38. The number of aryl methyl sites for hydroxylation is 1. The first kappa shape index (κ1) is 15.6. The maximum atomic E-state index is 12.9. The van der Waals surface area contributed by atoms with Crippen molar-refractivity contribution < 1.29 is 23.6 Å². The molecule has 0 atom stereocenters. The summed E-state index contributed by atoms with van der Waals surface area (Å²) in [6, 6.07) is 1.64. The molecule has 3 fully saturated rings. The molecule has 24 heavy (non-hydrogen) atoms. The minimum Gasteiger partial charge on any atom is -0.360 e. The number of nitrogens with zero attached hydrogens (tertiary/aromatic N) is 2. The predicted molar refractivity (Wildman–Crippen MR) is 82.0 cm³/mol. The zero-order chi connectivity index (χ0) is 16.8. The van der Waals surface area contributed by atoms with E-state index in [-0.39, 0.29) is 11.8 Å². The fourth-order valence-electron chi connectivity index (χ4n) is 3.46. The lowest BCUT2D eigenvalue weighted by molar-refractivity contribution is -0.188. The number of hydrogen-bond donors (Lipinski definition) is 1. The number of nitrogens with one attached hydrogen (secondary N) is 1. The van der Waals surface area contributed by atoms with Gasteiger partial charge in [0.2, 0.25) is 11.8 Å². The summed E-state index contributed by atoms with van der Waals surface area (Å²) in [5, 5.41) is 6.45. The SMILES string of the molecule is Cc1cc(NC(=O)C2(C(=O)N3CCC4(CC3)OCCO4)CC2)no1. The quantitative estimate of drug-likeness (QED) is 0.831. The van der Waals surface area contributed by atoms with Crippen LogP contribution in [0, 0.1) is 12.3 Å². The highest BCUT2D eigenvalue weighted by Gasteiger charge is 2.59. The molecule has 4 rings (SSSR count). The van der Waals surface area contributed by atoms with Crippen molar-refractivity contribution in [2.24, 2.45) is 5.41 Å². The Hall–Kier alpha value is -1.93. The largest absolute Gasteiger partial charge is 0.360 e. The lowest BCUT2D eigenvalue weighted by Crippen LogP contribution is -2.51. The van der Waals surface area contributed by atoms with Gasteiger partial charge in [-0.1, -0.05) is 5.16 Å². The number of rotatable bonds is 3. The molecule has 3 heterocycles. The Morgan fingerprint density at radius 3 is 2.38 bits per heavy atom. The van der Waals surface area contributed by atoms with E-state index in [1.54, 1.807) is 17.9 Å². The monoisotopic (exact) mass is 335 g/mol. The standard InChI is InChI=1S/C16H21N3O5/c1-11-10-12(18-24-11)17-13(20)15(2-3-15)14(21)19-6-4-16(5-7-19)22-8-9-23-16/h10H,2-9H2,1H3,(H,17,18,20). The van der Waals surface area contributed by atoms with Crippen molar-refractivity contribution in [1.29, 1.82) is 0 Å². The molecule has 0 bridgehead atoms. The van der Waals surface area contributed by atoms with Crippen LogP contribution in [0.4, 0.5) is 5.82 Å². The Balaban J connectivity index is 1.39. The van der Waals surface area contributed by atoms with Gasteiger partial charge >= 0.3 is 0 Å². The van der Waals surface area contributed by atoms with Crippen LogP contribution < -0.4 is 5.32 Å². The summed E-state index contributed by atoms with van der Waals surface area (Å²) in [6.07, 6.45) is 2.45. The zero-order valence-corrected chi connectivity index (χ0v) is 13.7. The van der Waals surface area contributed by atoms with E-state index in [2.05, 4.69) is 10.5 Å². The Morgan fingerprint density at radius 1 is 1.17 bits per heavy atom. The van der Waals surface area contributed by atoms with Gasteiger partial charge in [0.1, 0.15) is 11.2 Å². The summed E-state index contributed by atoms with van der Waals surface area (Å²) >= 11 is 0. The second-order valence-corrected chi connectivity index (χ2v) is 6.76. The number of piperidine rings is 1. The highest BCUT2D eigenvalue weighted by atomic mass is 16.7. The first-order valence-electron chi connectivity index (χ1n) is 8.35. The molecule has 2 aliphatic heterocycles. The Labute approximate surface area is 139 Å². The van der Waals surface area contributed by atoms with Crippen LogP contribution >= 0.6 is 0 Å². The smallest absolute Gasteiger partial charge is 0.241 e. The van der Waals surface area contributed by atoms with E-state index < -0.39 is 11.2 Å². The van der Waals surface area contributed by atoms with Crippen molar-refractivity contribution in [3.63, 3.8) is 0 Å². The number of carbonyl (C=O) groups is 2. The number of carbonyl (C=O) groups excluding carboxylic acids is 2. The summed E-state index contributed by atoms with van der Waals surface area (Å²) in [6.45, 7) is 4.07. The van der Waals surface area contributed by atoms with E-state index in [1.807, 2.05) is 0 Å². The zero-order valence-electron chi connectivity index (χ0n) is 13.7. The molecule has 3 aliphatic rings. The minimum atomic E-state index is -0.950. The van der Waals surface area contributed by atoms with E-state index in [4.69, 9.17) is 14.0 Å².